The van der Waals surface area contributed by atoms with Gasteiger partial charge in [0.15, 0.2) is 0 Å². The average Bonchev–Trinajstić information content (AvgIpc) is 2.65. The van der Waals surface area contributed by atoms with Gasteiger partial charge in [-0.25, -0.2) is 19.6 Å². The van der Waals surface area contributed by atoms with Crippen LogP contribution >= 0.6 is 0 Å². The fourth-order valence-corrected chi connectivity index (χ4v) is 2.07. The van der Waals surface area contributed by atoms with E-state index < -0.39 is 11.9 Å². The SMILES string of the molecule is COC(=O)c1cc(CO)nc(-c2cc(C(=O)OC)cc(CO)n2)c1. The normalized spacial score (nSPS) is 10.3. The number of carbonyl (C=O) groups excluding carboxylic acids is 2. The van der Waals surface area contributed by atoms with Crippen molar-refractivity contribution in [3.05, 3.63) is 46.8 Å². The summed E-state index contributed by atoms with van der Waals surface area (Å²) in [5.41, 5.74) is 1.35. The summed E-state index contributed by atoms with van der Waals surface area (Å²) in [6.45, 7) is -0.775. The van der Waals surface area contributed by atoms with Crippen LogP contribution in [0.4, 0.5) is 0 Å². The minimum absolute atomic E-state index is 0.183. The van der Waals surface area contributed by atoms with Crippen molar-refractivity contribution in [2.24, 2.45) is 0 Å². The van der Waals surface area contributed by atoms with E-state index in [1.807, 2.05) is 0 Å². The maximum absolute atomic E-state index is 11.7. The molecule has 0 fully saturated rings. The van der Waals surface area contributed by atoms with Crippen molar-refractivity contribution in [1.29, 1.82) is 0 Å². The Morgan fingerprint density at radius 1 is 0.833 bits per heavy atom. The molecule has 0 amide bonds. The summed E-state index contributed by atoms with van der Waals surface area (Å²) < 4.78 is 9.34. The van der Waals surface area contributed by atoms with Crippen molar-refractivity contribution in [2.75, 3.05) is 14.2 Å². The van der Waals surface area contributed by atoms with Gasteiger partial charge >= 0.3 is 11.9 Å². The Balaban J connectivity index is 2.61. The Kier molecular flexibility index (Phi) is 5.56. The molecule has 0 spiro atoms. The lowest BCUT2D eigenvalue weighted by atomic mass is 10.1. The zero-order valence-corrected chi connectivity index (χ0v) is 13.1. The highest BCUT2D eigenvalue weighted by atomic mass is 16.5. The van der Waals surface area contributed by atoms with Gasteiger partial charge in [-0.05, 0) is 24.3 Å². The van der Waals surface area contributed by atoms with Gasteiger partial charge < -0.3 is 19.7 Å². The first-order valence-corrected chi connectivity index (χ1v) is 6.93. The van der Waals surface area contributed by atoms with Crippen molar-refractivity contribution in [3.63, 3.8) is 0 Å². The predicted molar refractivity (Wildman–Crippen MR) is 82.0 cm³/mol. The second kappa shape index (κ2) is 7.62. The number of pyridine rings is 2. The van der Waals surface area contributed by atoms with E-state index in [9.17, 15) is 19.8 Å². The van der Waals surface area contributed by atoms with Gasteiger partial charge in [-0.1, -0.05) is 0 Å². The fraction of sp³-hybridized carbons (Fsp3) is 0.250. The molecule has 8 heteroatoms. The van der Waals surface area contributed by atoms with E-state index in [4.69, 9.17) is 0 Å². The molecule has 0 radical (unpaired) electrons. The fourth-order valence-electron chi connectivity index (χ4n) is 2.07. The second-order valence-electron chi connectivity index (χ2n) is 4.76. The maximum atomic E-state index is 11.7. The molecule has 0 bridgehead atoms. The third-order valence-corrected chi connectivity index (χ3v) is 3.19. The molecule has 2 aromatic heterocycles. The molecular weight excluding hydrogens is 316 g/mol. The number of carbonyl (C=O) groups is 2. The van der Waals surface area contributed by atoms with Crippen LogP contribution in [-0.2, 0) is 22.7 Å². The zero-order chi connectivity index (χ0) is 17.7. The monoisotopic (exact) mass is 332 g/mol. The van der Waals surface area contributed by atoms with E-state index in [0.717, 1.165) is 0 Å². The van der Waals surface area contributed by atoms with Crippen LogP contribution < -0.4 is 0 Å². The highest BCUT2D eigenvalue weighted by Gasteiger charge is 2.15. The summed E-state index contributed by atoms with van der Waals surface area (Å²) in [4.78, 5) is 31.9. The molecule has 2 aromatic rings. The molecule has 2 N–H and O–H groups in total. The van der Waals surface area contributed by atoms with E-state index in [0.29, 0.717) is 0 Å². The lowest BCUT2D eigenvalue weighted by molar-refractivity contribution is 0.0591. The summed E-state index contributed by atoms with van der Waals surface area (Å²) >= 11 is 0. The average molecular weight is 332 g/mol. The molecule has 0 saturated heterocycles. The third-order valence-electron chi connectivity index (χ3n) is 3.19. The molecular formula is C16H16N2O6. The first kappa shape index (κ1) is 17.5. The molecule has 0 aliphatic rings. The van der Waals surface area contributed by atoms with Gasteiger partial charge in [-0.3, -0.25) is 0 Å². The summed E-state index contributed by atoms with van der Waals surface area (Å²) in [6, 6.07) is 5.64. The van der Waals surface area contributed by atoms with Crippen LogP contribution in [-0.4, -0.2) is 46.3 Å². The molecule has 126 valence electrons. The lowest BCUT2D eigenvalue weighted by Crippen LogP contribution is -2.07. The second-order valence-corrected chi connectivity index (χ2v) is 4.76. The Labute approximate surface area is 137 Å². The van der Waals surface area contributed by atoms with Crippen LogP contribution in [0.1, 0.15) is 32.1 Å². The van der Waals surface area contributed by atoms with E-state index in [1.54, 1.807) is 0 Å². The van der Waals surface area contributed by atoms with Crippen LogP contribution in [0.25, 0.3) is 11.4 Å². The zero-order valence-electron chi connectivity index (χ0n) is 13.1. The number of hydrogen-bond donors (Lipinski definition) is 2. The molecule has 0 aliphatic heterocycles. The minimum Gasteiger partial charge on any atom is -0.465 e. The summed E-state index contributed by atoms with van der Waals surface area (Å²) in [6.07, 6.45) is 0. The first-order valence-electron chi connectivity index (χ1n) is 6.93. The van der Waals surface area contributed by atoms with Crippen LogP contribution in [0.2, 0.25) is 0 Å². The van der Waals surface area contributed by atoms with Crippen molar-refractivity contribution in [3.8, 4) is 11.4 Å². The third kappa shape index (κ3) is 3.73. The maximum Gasteiger partial charge on any atom is 0.337 e. The van der Waals surface area contributed by atoms with Gasteiger partial charge in [0, 0.05) is 0 Å². The van der Waals surface area contributed by atoms with Crippen LogP contribution in [0.15, 0.2) is 24.3 Å². The molecule has 0 atom stereocenters. The Morgan fingerprint density at radius 3 is 1.50 bits per heavy atom. The van der Waals surface area contributed by atoms with Crippen molar-refractivity contribution < 1.29 is 29.3 Å². The number of rotatable bonds is 5. The molecule has 24 heavy (non-hydrogen) atoms. The number of aliphatic hydroxyl groups excluding tert-OH is 2. The van der Waals surface area contributed by atoms with Gasteiger partial charge in [-0.15, -0.1) is 0 Å². The smallest absolute Gasteiger partial charge is 0.337 e. The van der Waals surface area contributed by atoms with Crippen LogP contribution in [0, 0.1) is 0 Å². The van der Waals surface area contributed by atoms with Gasteiger partial charge in [0.2, 0.25) is 0 Å². The quantitative estimate of drug-likeness (QED) is 0.768. The standard InChI is InChI=1S/C16H16N2O6/c1-23-15(21)9-3-11(7-19)17-13(5-9)14-6-10(16(22)24-2)4-12(8-20)18-14/h3-6,19-20H,7-8H2,1-2H3. The van der Waals surface area contributed by atoms with Gasteiger partial charge in [0.05, 0.1) is 61.3 Å². The summed E-state index contributed by atoms with van der Waals surface area (Å²) in [7, 11) is 2.47. The largest absolute Gasteiger partial charge is 0.465 e. The van der Waals surface area contributed by atoms with E-state index in [2.05, 4.69) is 19.4 Å². The molecule has 0 aliphatic carbocycles. The number of aromatic nitrogens is 2. The number of hydrogen-bond acceptors (Lipinski definition) is 8. The summed E-state index contributed by atoms with van der Waals surface area (Å²) in [5, 5.41) is 18.6. The molecule has 2 rings (SSSR count). The minimum atomic E-state index is -0.597. The van der Waals surface area contributed by atoms with Crippen molar-refractivity contribution in [2.45, 2.75) is 13.2 Å². The number of methoxy groups -OCH3 is 2. The molecule has 8 nitrogen and oxygen atoms in total. The van der Waals surface area contributed by atoms with Gasteiger partial charge in [0.25, 0.3) is 0 Å². The van der Waals surface area contributed by atoms with Gasteiger partial charge in [0.1, 0.15) is 0 Å². The first-order chi connectivity index (χ1) is 11.5. The summed E-state index contributed by atoms with van der Waals surface area (Å²) in [5.74, 6) is -1.19. The molecule has 0 unspecified atom stereocenters. The van der Waals surface area contributed by atoms with E-state index in [-0.39, 0.29) is 47.1 Å². The Morgan fingerprint density at radius 2 is 1.21 bits per heavy atom. The predicted octanol–water partition coefficient (Wildman–Crippen LogP) is 0.701. The van der Waals surface area contributed by atoms with Gasteiger partial charge in [-0.2, -0.15) is 0 Å². The number of ether oxygens (including phenoxy) is 2. The molecule has 2 heterocycles. The van der Waals surface area contributed by atoms with E-state index >= 15 is 0 Å². The van der Waals surface area contributed by atoms with E-state index in [1.165, 1.54) is 38.5 Å². The van der Waals surface area contributed by atoms with Crippen molar-refractivity contribution in [1.82, 2.24) is 9.97 Å². The number of esters is 2. The number of aliphatic hydroxyl groups is 2. The molecule has 0 saturated carbocycles. The van der Waals surface area contributed by atoms with Crippen LogP contribution in [0.5, 0.6) is 0 Å². The Bertz CT molecular complexity index is 710. The number of nitrogens with zero attached hydrogens (tertiary/aromatic N) is 2. The lowest BCUT2D eigenvalue weighted by Gasteiger charge is -2.09. The Hall–Kier alpha value is -2.84. The highest BCUT2D eigenvalue weighted by molar-refractivity contribution is 5.92. The molecule has 0 aromatic carbocycles. The van der Waals surface area contributed by atoms with Crippen LogP contribution in [0.3, 0.4) is 0 Å². The van der Waals surface area contributed by atoms with Crippen molar-refractivity contribution >= 4 is 11.9 Å². The topological polar surface area (TPSA) is 119 Å². The highest BCUT2D eigenvalue weighted by Crippen LogP contribution is 2.21.